The minimum absolute atomic E-state index is 0.0621. The van der Waals surface area contributed by atoms with E-state index in [-0.39, 0.29) is 23.2 Å². The summed E-state index contributed by atoms with van der Waals surface area (Å²) < 4.78 is 1.15. The number of amides is 1. The van der Waals surface area contributed by atoms with Crippen molar-refractivity contribution in [3.8, 4) is 0 Å². The SMILES string of the molecule is Cc1ccc([C@@H](CNC(=O)c2ccc(=O)n(C)n2)N(C)C)cc1. The molecule has 1 amide bonds. The van der Waals surface area contributed by atoms with Crippen LogP contribution < -0.4 is 10.9 Å². The van der Waals surface area contributed by atoms with Crippen LogP contribution in [0.4, 0.5) is 0 Å². The Kier molecular flexibility index (Phi) is 5.28. The third-order valence-corrected chi connectivity index (χ3v) is 3.73. The van der Waals surface area contributed by atoms with E-state index in [0.717, 1.165) is 10.2 Å². The maximum Gasteiger partial charge on any atom is 0.271 e. The van der Waals surface area contributed by atoms with Crippen molar-refractivity contribution < 1.29 is 4.79 Å². The van der Waals surface area contributed by atoms with Crippen molar-refractivity contribution in [2.24, 2.45) is 7.05 Å². The molecule has 1 heterocycles. The number of carbonyl (C=O) groups is 1. The fourth-order valence-electron chi connectivity index (χ4n) is 2.29. The topological polar surface area (TPSA) is 67.2 Å². The van der Waals surface area contributed by atoms with Crippen LogP contribution in [0.3, 0.4) is 0 Å². The van der Waals surface area contributed by atoms with Crippen LogP contribution in [0.25, 0.3) is 0 Å². The molecule has 0 saturated carbocycles. The van der Waals surface area contributed by atoms with Gasteiger partial charge in [0, 0.05) is 19.7 Å². The minimum Gasteiger partial charge on any atom is -0.349 e. The first-order valence-corrected chi connectivity index (χ1v) is 7.44. The summed E-state index contributed by atoms with van der Waals surface area (Å²) in [6.45, 7) is 2.50. The molecule has 0 unspecified atom stereocenters. The van der Waals surface area contributed by atoms with Crippen LogP contribution in [0, 0.1) is 6.92 Å². The van der Waals surface area contributed by atoms with E-state index >= 15 is 0 Å². The van der Waals surface area contributed by atoms with Crippen molar-refractivity contribution in [3.63, 3.8) is 0 Å². The Bertz CT molecular complexity index is 735. The van der Waals surface area contributed by atoms with Crippen LogP contribution in [-0.2, 0) is 7.05 Å². The van der Waals surface area contributed by atoms with Gasteiger partial charge in [0.1, 0.15) is 5.69 Å². The molecule has 0 fully saturated rings. The predicted molar refractivity (Wildman–Crippen MR) is 89.4 cm³/mol. The Labute approximate surface area is 135 Å². The molecule has 0 aliphatic carbocycles. The molecule has 2 rings (SSSR count). The fourth-order valence-corrected chi connectivity index (χ4v) is 2.29. The molecule has 1 N–H and O–H groups in total. The van der Waals surface area contributed by atoms with Gasteiger partial charge in [-0.05, 0) is 32.6 Å². The summed E-state index contributed by atoms with van der Waals surface area (Å²) >= 11 is 0. The summed E-state index contributed by atoms with van der Waals surface area (Å²) in [5.74, 6) is -0.292. The van der Waals surface area contributed by atoms with Crippen molar-refractivity contribution in [3.05, 3.63) is 63.6 Å². The number of nitrogens with one attached hydrogen (secondary N) is 1. The molecule has 0 aliphatic rings. The number of carbonyl (C=O) groups excluding carboxylic acids is 1. The number of likely N-dealkylation sites (N-methyl/N-ethyl adjacent to an activating group) is 1. The summed E-state index contributed by atoms with van der Waals surface area (Å²) in [5.41, 5.74) is 2.32. The highest BCUT2D eigenvalue weighted by atomic mass is 16.2. The van der Waals surface area contributed by atoms with Gasteiger partial charge in [0.15, 0.2) is 0 Å². The maximum absolute atomic E-state index is 12.2. The van der Waals surface area contributed by atoms with Gasteiger partial charge in [-0.3, -0.25) is 9.59 Å². The Morgan fingerprint density at radius 2 is 1.87 bits per heavy atom. The van der Waals surface area contributed by atoms with Gasteiger partial charge in [0.05, 0.1) is 6.04 Å². The van der Waals surface area contributed by atoms with Gasteiger partial charge < -0.3 is 10.2 Å². The van der Waals surface area contributed by atoms with E-state index in [2.05, 4.69) is 39.6 Å². The molecule has 1 aromatic heterocycles. The number of hydrogen-bond acceptors (Lipinski definition) is 4. The minimum atomic E-state index is -0.292. The van der Waals surface area contributed by atoms with Gasteiger partial charge in [0.25, 0.3) is 11.5 Å². The highest BCUT2D eigenvalue weighted by molar-refractivity contribution is 5.92. The number of nitrogens with zero attached hydrogens (tertiary/aromatic N) is 3. The van der Waals surface area contributed by atoms with Gasteiger partial charge in [-0.15, -0.1) is 0 Å². The lowest BCUT2D eigenvalue weighted by atomic mass is 10.0. The fraction of sp³-hybridized carbons (Fsp3) is 0.353. The lowest BCUT2D eigenvalue weighted by Gasteiger charge is -2.25. The summed E-state index contributed by atoms with van der Waals surface area (Å²) in [6, 6.07) is 11.1. The largest absolute Gasteiger partial charge is 0.349 e. The van der Waals surface area contributed by atoms with E-state index in [4.69, 9.17) is 0 Å². The highest BCUT2D eigenvalue weighted by Crippen LogP contribution is 2.18. The molecule has 0 saturated heterocycles. The second-order valence-electron chi connectivity index (χ2n) is 5.78. The monoisotopic (exact) mass is 314 g/mol. The van der Waals surface area contributed by atoms with E-state index in [0.29, 0.717) is 6.54 Å². The first-order chi connectivity index (χ1) is 10.9. The van der Waals surface area contributed by atoms with Crippen molar-refractivity contribution in [2.75, 3.05) is 20.6 Å². The summed E-state index contributed by atoms with van der Waals surface area (Å²) in [7, 11) is 5.47. The average molecular weight is 314 g/mol. The zero-order valence-corrected chi connectivity index (χ0v) is 13.9. The third-order valence-electron chi connectivity index (χ3n) is 3.73. The molecular formula is C17H22N4O2. The third kappa shape index (κ3) is 4.26. The standard InChI is InChI=1S/C17H22N4O2/c1-12-5-7-13(8-6-12)15(20(2)3)11-18-17(23)14-9-10-16(22)21(4)19-14/h5-10,15H,11H2,1-4H3,(H,18,23)/t15-/m1/s1. The first kappa shape index (κ1) is 16.9. The Hall–Kier alpha value is -2.47. The van der Waals surface area contributed by atoms with Crippen molar-refractivity contribution in [1.29, 1.82) is 0 Å². The molecule has 0 aliphatic heterocycles. The molecule has 23 heavy (non-hydrogen) atoms. The molecule has 0 bridgehead atoms. The first-order valence-electron chi connectivity index (χ1n) is 7.44. The Morgan fingerprint density at radius 3 is 2.43 bits per heavy atom. The van der Waals surface area contributed by atoms with E-state index in [9.17, 15) is 9.59 Å². The zero-order valence-electron chi connectivity index (χ0n) is 13.9. The maximum atomic E-state index is 12.2. The molecule has 2 aromatic rings. The van der Waals surface area contributed by atoms with Crippen LogP contribution in [0.2, 0.25) is 0 Å². The van der Waals surface area contributed by atoms with E-state index in [1.807, 2.05) is 21.0 Å². The smallest absolute Gasteiger partial charge is 0.271 e. The van der Waals surface area contributed by atoms with Gasteiger partial charge in [-0.1, -0.05) is 29.8 Å². The zero-order chi connectivity index (χ0) is 17.0. The van der Waals surface area contributed by atoms with Crippen molar-refractivity contribution in [2.45, 2.75) is 13.0 Å². The van der Waals surface area contributed by atoms with E-state index in [1.165, 1.54) is 24.7 Å². The Morgan fingerprint density at radius 1 is 1.22 bits per heavy atom. The van der Waals surface area contributed by atoms with Gasteiger partial charge in [0.2, 0.25) is 0 Å². The Balaban J connectivity index is 2.09. The molecule has 122 valence electrons. The van der Waals surface area contributed by atoms with Crippen LogP contribution in [0.15, 0.2) is 41.2 Å². The van der Waals surface area contributed by atoms with Crippen LogP contribution >= 0.6 is 0 Å². The molecule has 1 atom stereocenters. The van der Waals surface area contributed by atoms with Crippen molar-refractivity contribution >= 4 is 5.91 Å². The summed E-state index contributed by atoms with van der Waals surface area (Å²) in [6.07, 6.45) is 0. The number of rotatable bonds is 5. The van der Waals surface area contributed by atoms with Gasteiger partial charge >= 0.3 is 0 Å². The van der Waals surface area contributed by atoms with Crippen molar-refractivity contribution in [1.82, 2.24) is 20.0 Å². The second kappa shape index (κ2) is 7.19. The summed E-state index contributed by atoms with van der Waals surface area (Å²) in [4.78, 5) is 25.6. The lowest BCUT2D eigenvalue weighted by Crippen LogP contribution is -2.35. The average Bonchev–Trinajstić information content (AvgIpc) is 2.51. The molecule has 0 radical (unpaired) electrons. The lowest BCUT2D eigenvalue weighted by molar-refractivity contribution is 0.0934. The van der Waals surface area contributed by atoms with Crippen LogP contribution in [0.1, 0.15) is 27.7 Å². The van der Waals surface area contributed by atoms with Gasteiger partial charge in [-0.2, -0.15) is 5.10 Å². The summed E-state index contributed by atoms with van der Waals surface area (Å²) in [5, 5.41) is 6.84. The molecule has 6 nitrogen and oxygen atoms in total. The number of hydrogen-bond donors (Lipinski definition) is 1. The number of aromatic nitrogens is 2. The predicted octanol–water partition coefficient (Wildman–Crippen LogP) is 1.12. The molecule has 0 spiro atoms. The van der Waals surface area contributed by atoms with E-state index < -0.39 is 0 Å². The quantitative estimate of drug-likeness (QED) is 0.898. The van der Waals surface area contributed by atoms with Crippen LogP contribution in [-0.4, -0.2) is 41.2 Å². The van der Waals surface area contributed by atoms with Gasteiger partial charge in [-0.25, -0.2) is 4.68 Å². The molecule has 1 aromatic carbocycles. The normalized spacial score (nSPS) is 12.2. The van der Waals surface area contributed by atoms with E-state index in [1.54, 1.807) is 0 Å². The highest BCUT2D eigenvalue weighted by Gasteiger charge is 2.16. The molecule has 6 heteroatoms. The molecular weight excluding hydrogens is 292 g/mol. The number of benzene rings is 1. The number of aryl methyl sites for hydroxylation is 2. The second-order valence-corrected chi connectivity index (χ2v) is 5.78. The van der Waals surface area contributed by atoms with Crippen LogP contribution in [0.5, 0.6) is 0 Å².